The molecule has 0 radical (unpaired) electrons. The maximum atomic E-state index is 12.2. The fourth-order valence-electron chi connectivity index (χ4n) is 2.51. The highest BCUT2D eigenvalue weighted by atomic mass is 32.1. The van der Waals surface area contributed by atoms with Crippen molar-refractivity contribution >= 4 is 22.9 Å². The van der Waals surface area contributed by atoms with E-state index in [1.54, 1.807) is 11.3 Å². The molecule has 4 heteroatoms. The van der Waals surface area contributed by atoms with E-state index in [0.29, 0.717) is 6.42 Å². The lowest BCUT2D eigenvalue weighted by Gasteiger charge is -2.05. The van der Waals surface area contributed by atoms with Gasteiger partial charge in [-0.05, 0) is 24.1 Å². The minimum Gasteiger partial charge on any atom is -0.326 e. The standard InChI is InChI=1S/C20H20N2OS/c1-2-6-15-9-11-17(12-10-15)21-19(23)13-18-14-24-20(22-18)16-7-4-3-5-8-16/h3-5,7-12,14H,2,6,13H2,1H3,(H,21,23). The Morgan fingerprint density at radius 2 is 1.83 bits per heavy atom. The lowest BCUT2D eigenvalue weighted by Crippen LogP contribution is -2.14. The molecule has 0 saturated heterocycles. The Labute approximate surface area is 146 Å². The van der Waals surface area contributed by atoms with Gasteiger partial charge in [-0.3, -0.25) is 4.79 Å². The lowest BCUT2D eigenvalue weighted by atomic mass is 10.1. The second-order valence-electron chi connectivity index (χ2n) is 5.68. The Morgan fingerprint density at radius 1 is 1.08 bits per heavy atom. The Morgan fingerprint density at radius 3 is 2.54 bits per heavy atom. The smallest absolute Gasteiger partial charge is 0.230 e. The fourth-order valence-corrected chi connectivity index (χ4v) is 3.34. The highest BCUT2D eigenvalue weighted by Crippen LogP contribution is 2.23. The van der Waals surface area contributed by atoms with Gasteiger partial charge in [-0.1, -0.05) is 55.8 Å². The largest absolute Gasteiger partial charge is 0.326 e. The fraction of sp³-hybridized carbons (Fsp3) is 0.200. The van der Waals surface area contributed by atoms with Gasteiger partial charge in [0.2, 0.25) is 5.91 Å². The number of anilines is 1. The number of aromatic nitrogens is 1. The Balaban J connectivity index is 1.60. The van der Waals surface area contributed by atoms with Crippen LogP contribution < -0.4 is 5.32 Å². The van der Waals surface area contributed by atoms with Crippen molar-refractivity contribution in [3.63, 3.8) is 0 Å². The van der Waals surface area contributed by atoms with Crippen molar-refractivity contribution in [3.05, 3.63) is 71.2 Å². The van der Waals surface area contributed by atoms with Crippen LogP contribution in [0.15, 0.2) is 60.0 Å². The van der Waals surface area contributed by atoms with E-state index in [4.69, 9.17) is 0 Å². The summed E-state index contributed by atoms with van der Waals surface area (Å²) in [5.41, 5.74) is 4.01. The number of aryl methyl sites for hydroxylation is 1. The van der Waals surface area contributed by atoms with Crippen LogP contribution in [0.1, 0.15) is 24.6 Å². The summed E-state index contributed by atoms with van der Waals surface area (Å²) in [7, 11) is 0. The minimum absolute atomic E-state index is 0.0387. The average Bonchev–Trinajstić information content (AvgIpc) is 3.06. The number of nitrogens with zero attached hydrogens (tertiary/aromatic N) is 1. The molecule has 3 aromatic rings. The molecule has 1 amide bonds. The van der Waals surface area contributed by atoms with E-state index in [0.717, 1.165) is 34.8 Å². The van der Waals surface area contributed by atoms with E-state index in [1.807, 2.05) is 47.8 Å². The highest BCUT2D eigenvalue weighted by molar-refractivity contribution is 7.13. The van der Waals surface area contributed by atoms with Gasteiger partial charge in [-0.15, -0.1) is 11.3 Å². The van der Waals surface area contributed by atoms with Gasteiger partial charge in [-0.2, -0.15) is 0 Å². The summed E-state index contributed by atoms with van der Waals surface area (Å²) in [5.74, 6) is -0.0387. The monoisotopic (exact) mass is 336 g/mol. The zero-order valence-corrected chi connectivity index (χ0v) is 14.5. The van der Waals surface area contributed by atoms with E-state index >= 15 is 0 Å². The Hall–Kier alpha value is -2.46. The van der Waals surface area contributed by atoms with Crippen molar-refractivity contribution < 1.29 is 4.79 Å². The molecule has 0 bridgehead atoms. The number of rotatable bonds is 6. The quantitative estimate of drug-likeness (QED) is 0.692. The molecule has 122 valence electrons. The molecule has 0 spiro atoms. The van der Waals surface area contributed by atoms with Gasteiger partial charge in [0.1, 0.15) is 5.01 Å². The lowest BCUT2D eigenvalue weighted by molar-refractivity contribution is -0.115. The Kier molecular flexibility index (Phi) is 5.39. The van der Waals surface area contributed by atoms with Gasteiger partial charge in [0.15, 0.2) is 0 Å². The third-order valence-corrected chi connectivity index (χ3v) is 4.63. The van der Waals surface area contributed by atoms with Crippen LogP contribution >= 0.6 is 11.3 Å². The topological polar surface area (TPSA) is 42.0 Å². The number of thiazole rings is 1. The summed E-state index contributed by atoms with van der Waals surface area (Å²) >= 11 is 1.57. The van der Waals surface area contributed by atoms with Gasteiger partial charge in [0, 0.05) is 16.6 Å². The number of benzene rings is 2. The van der Waals surface area contributed by atoms with E-state index in [-0.39, 0.29) is 5.91 Å². The molecule has 1 heterocycles. The first kappa shape index (κ1) is 16.4. The summed E-state index contributed by atoms with van der Waals surface area (Å²) in [5, 5.41) is 5.83. The summed E-state index contributed by atoms with van der Waals surface area (Å²) in [6.45, 7) is 2.16. The van der Waals surface area contributed by atoms with Gasteiger partial charge in [0.25, 0.3) is 0 Å². The summed E-state index contributed by atoms with van der Waals surface area (Å²) < 4.78 is 0. The maximum absolute atomic E-state index is 12.2. The van der Waals surface area contributed by atoms with Crippen molar-refractivity contribution in [1.82, 2.24) is 4.98 Å². The molecule has 1 N–H and O–H groups in total. The van der Waals surface area contributed by atoms with Crippen LogP contribution in [0.3, 0.4) is 0 Å². The zero-order chi connectivity index (χ0) is 16.8. The molecule has 2 aromatic carbocycles. The van der Waals surface area contributed by atoms with E-state index < -0.39 is 0 Å². The van der Waals surface area contributed by atoms with Gasteiger partial charge in [-0.25, -0.2) is 4.98 Å². The van der Waals surface area contributed by atoms with Crippen LogP contribution in [0, 0.1) is 0 Å². The molecule has 24 heavy (non-hydrogen) atoms. The average molecular weight is 336 g/mol. The number of amides is 1. The number of hydrogen-bond donors (Lipinski definition) is 1. The normalized spacial score (nSPS) is 10.5. The molecule has 3 rings (SSSR count). The van der Waals surface area contributed by atoms with E-state index in [2.05, 4.69) is 29.4 Å². The molecular weight excluding hydrogens is 316 g/mol. The van der Waals surface area contributed by atoms with Gasteiger partial charge in [0.05, 0.1) is 12.1 Å². The van der Waals surface area contributed by atoms with Crippen molar-refractivity contribution in [2.45, 2.75) is 26.2 Å². The second-order valence-corrected chi connectivity index (χ2v) is 6.54. The number of nitrogens with one attached hydrogen (secondary N) is 1. The molecule has 0 aliphatic heterocycles. The van der Waals surface area contributed by atoms with Crippen LogP contribution in [0.5, 0.6) is 0 Å². The second kappa shape index (κ2) is 7.88. The molecule has 0 atom stereocenters. The van der Waals surface area contributed by atoms with Crippen LogP contribution in [-0.4, -0.2) is 10.9 Å². The van der Waals surface area contributed by atoms with Crippen molar-refractivity contribution in [2.24, 2.45) is 0 Å². The maximum Gasteiger partial charge on any atom is 0.230 e. The summed E-state index contributed by atoms with van der Waals surface area (Å²) in [4.78, 5) is 16.8. The predicted molar refractivity (Wildman–Crippen MR) is 100 cm³/mol. The van der Waals surface area contributed by atoms with Gasteiger partial charge < -0.3 is 5.32 Å². The first-order valence-electron chi connectivity index (χ1n) is 8.13. The van der Waals surface area contributed by atoms with Crippen molar-refractivity contribution in [2.75, 3.05) is 5.32 Å². The highest BCUT2D eigenvalue weighted by Gasteiger charge is 2.09. The van der Waals surface area contributed by atoms with Crippen LogP contribution in [0.2, 0.25) is 0 Å². The SMILES string of the molecule is CCCc1ccc(NC(=O)Cc2csc(-c3ccccc3)n2)cc1. The number of hydrogen-bond acceptors (Lipinski definition) is 3. The number of carbonyl (C=O) groups excluding carboxylic acids is 1. The van der Waals surface area contributed by atoms with Crippen LogP contribution in [0.25, 0.3) is 10.6 Å². The third-order valence-electron chi connectivity index (χ3n) is 3.69. The van der Waals surface area contributed by atoms with Gasteiger partial charge >= 0.3 is 0 Å². The number of carbonyl (C=O) groups is 1. The molecule has 0 fully saturated rings. The minimum atomic E-state index is -0.0387. The van der Waals surface area contributed by atoms with E-state index in [9.17, 15) is 4.79 Å². The zero-order valence-electron chi connectivity index (χ0n) is 13.7. The molecule has 0 saturated carbocycles. The molecule has 3 nitrogen and oxygen atoms in total. The molecule has 0 aliphatic carbocycles. The Bertz CT molecular complexity index is 794. The van der Waals surface area contributed by atoms with Crippen molar-refractivity contribution in [1.29, 1.82) is 0 Å². The molecule has 0 aliphatic rings. The third kappa shape index (κ3) is 4.30. The first-order chi connectivity index (χ1) is 11.7. The van der Waals surface area contributed by atoms with Crippen LogP contribution in [0.4, 0.5) is 5.69 Å². The van der Waals surface area contributed by atoms with Crippen molar-refractivity contribution in [3.8, 4) is 10.6 Å². The predicted octanol–water partition coefficient (Wildman–Crippen LogP) is 4.94. The summed E-state index contributed by atoms with van der Waals surface area (Å²) in [6, 6.07) is 18.1. The summed E-state index contributed by atoms with van der Waals surface area (Å²) in [6.07, 6.45) is 2.48. The van der Waals surface area contributed by atoms with E-state index in [1.165, 1.54) is 5.56 Å². The van der Waals surface area contributed by atoms with Crippen LogP contribution in [-0.2, 0) is 17.6 Å². The molecular formula is C20H20N2OS. The molecule has 1 aromatic heterocycles. The first-order valence-corrected chi connectivity index (χ1v) is 9.01. The molecule has 0 unspecified atom stereocenters.